The van der Waals surface area contributed by atoms with Crippen LogP contribution in [0.2, 0.25) is 0 Å². The summed E-state index contributed by atoms with van der Waals surface area (Å²) in [7, 11) is 0. The van der Waals surface area contributed by atoms with Gasteiger partial charge in [0.25, 0.3) is 0 Å². The van der Waals surface area contributed by atoms with Gasteiger partial charge < -0.3 is 18.9 Å². The molecule has 0 bridgehead atoms. The molecule has 19 heavy (non-hydrogen) atoms. The molecule has 4 heteroatoms. The van der Waals surface area contributed by atoms with E-state index in [4.69, 9.17) is 18.9 Å². The molecule has 2 aliphatic rings. The molecule has 2 fully saturated rings. The Morgan fingerprint density at radius 1 is 1.05 bits per heavy atom. The number of ether oxygens (including phenoxy) is 4. The molecule has 1 aromatic rings. The average Bonchev–Trinajstić information content (AvgIpc) is 3.33. The SMILES string of the molecule is c1ccc(C(CCOCC2CO2)OCC2CO2)cc1. The van der Waals surface area contributed by atoms with Gasteiger partial charge in [0.1, 0.15) is 12.2 Å². The van der Waals surface area contributed by atoms with Gasteiger partial charge in [-0.25, -0.2) is 0 Å². The standard InChI is InChI=1S/C15H20O4/c1-2-4-12(5-3-1)15(19-11-14-10-18-14)6-7-16-8-13-9-17-13/h1-5,13-15H,6-11H2. The summed E-state index contributed by atoms with van der Waals surface area (Å²) in [5.41, 5.74) is 1.20. The molecule has 2 heterocycles. The van der Waals surface area contributed by atoms with E-state index in [1.54, 1.807) is 0 Å². The molecule has 0 saturated carbocycles. The van der Waals surface area contributed by atoms with Gasteiger partial charge in [-0.2, -0.15) is 0 Å². The van der Waals surface area contributed by atoms with E-state index in [0.717, 1.165) is 19.6 Å². The topological polar surface area (TPSA) is 43.5 Å². The van der Waals surface area contributed by atoms with Crippen molar-refractivity contribution in [1.82, 2.24) is 0 Å². The van der Waals surface area contributed by atoms with Crippen molar-refractivity contribution in [1.29, 1.82) is 0 Å². The normalized spacial score (nSPS) is 26.1. The lowest BCUT2D eigenvalue weighted by Gasteiger charge is -2.18. The average molecular weight is 264 g/mol. The van der Waals surface area contributed by atoms with Crippen LogP contribution in [0.5, 0.6) is 0 Å². The number of rotatable bonds is 9. The molecule has 4 nitrogen and oxygen atoms in total. The van der Waals surface area contributed by atoms with Crippen LogP contribution in [0.3, 0.4) is 0 Å². The Labute approximate surface area is 113 Å². The lowest BCUT2D eigenvalue weighted by atomic mass is 10.1. The van der Waals surface area contributed by atoms with E-state index in [2.05, 4.69) is 12.1 Å². The summed E-state index contributed by atoms with van der Waals surface area (Å²) in [4.78, 5) is 0. The number of hydrogen-bond donors (Lipinski definition) is 0. The monoisotopic (exact) mass is 264 g/mol. The second kappa shape index (κ2) is 6.48. The van der Waals surface area contributed by atoms with Gasteiger partial charge in [0, 0.05) is 13.0 Å². The second-order valence-electron chi connectivity index (χ2n) is 5.01. The third-order valence-electron chi connectivity index (χ3n) is 3.29. The molecule has 3 atom stereocenters. The van der Waals surface area contributed by atoms with Crippen molar-refractivity contribution in [3.05, 3.63) is 35.9 Å². The van der Waals surface area contributed by atoms with Gasteiger partial charge >= 0.3 is 0 Å². The number of epoxide rings is 2. The van der Waals surface area contributed by atoms with Crippen molar-refractivity contribution >= 4 is 0 Å². The first-order chi connectivity index (χ1) is 9.42. The minimum atomic E-state index is 0.0884. The third kappa shape index (κ3) is 4.58. The van der Waals surface area contributed by atoms with Gasteiger partial charge in [0.2, 0.25) is 0 Å². The Morgan fingerprint density at radius 3 is 2.42 bits per heavy atom. The molecule has 104 valence electrons. The molecular formula is C15H20O4. The van der Waals surface area contributed by atoms with Crippen molar-refractivity contribution in [3.63, 3.8) is 0 Å². The Kier molecular flexibility index (Phi) is 4.45. The van der Waals surface area contributed by atoms with E-state index in [1.807, 2.05) is 18.2 Å². The zero-order chi connectivity index (χ0) is 12.9. The van der Waals surface area contributed by atoms with Crippen molar-refractivity contribution in [3.8, 4) is 0 Å². The molecular weight excluding hydrogens is 244 g/mol. The van der Waals surface area contributed by atoms with Crippen molar-refractivity contribution in [2.45, 2.75) is 24.7 Å². The smallest absolute Gasteiger partial charge is 0.104 e. The maximum Gasteiger partial charge on any atom is 0.104 e. The largest absolute Gasteiger partial charge is 0.379 e. The second-order valence-corrected chi connectivity index (χ2v) is 5.01. The third-order valence-corrected chi connectivity index (χ3v) is 3.29. The van der Waals surface area contributed by atoms with Crippen molar-refractivity contribution in [2.24, 2.45) is 0 Å². The van der Waals surface area contributed by atoms with Crippen molar-refractivity contribution < 1.29 is 18.9 Å². The molecule has 0 spiro atoms. The van der Waals surface area contributed by atoms with Gasteiger partial charge in [0.15, 0.2) is 0 Å². The Morgan fingerprint density at radius 2 is 1.74 bits per heavy atom. The zero-order valence-corrected chi connectivity index (χ0v) is 11.0. The Bertz CT molecular complexity index is 373. The Hall–Kier alpha value is -0.940. The first kappa shape index (κ1) is 13.1. The summed E-state index contributed by atoms with van der Waals surface area (Å²) in [5, 5.41) is 0. The fraction of sp³-hybridized carbons (Fsp3) is 0.600. The van der Waals surface area contributed by atoms with E-state index in [-0.39, 0.29) is 6.10 Å². The number of hydrogen-bond acceptors (Lipinski definition) is 4. The maximum absolute atomic E-state index is 5.94. The highest BCUT2D eigenvalue weighted by Crippen LogP contribution is 2.23. The lowest BCUT2D eigenvalue weighted by Crippen LogP contribution is -2.13. The van der Waals surface area contributed by atoms with Crippen molar-refractivity contribution in [2.75, 3.05) is 33.0 Å². The van der Waals surface area contributed by atoms with Crippen LogP contribution in [0.25, 0.3) is 0 Å². The van der Waals surface area contributed by atoms with Crippen LogP contribution in [-0.2, 0) is 18.9 Å². The molecule has 0 radical (unpaired) electrons. The van der Waals surface area contributed by atoms with Crippen LogP contribution < -0.4 is 0 Å². The van der Waals surface area contributed by atoms with Crippen LogP contribution in [0.15, 0.2) is 30.3 Å². The fourth-order valence-electron chi connectivity index (χ4n) is 1.97. The van der Waals surface area contributed by atoms with Gasteiger partial charge in [-0.15, -0.1) is 0 Å². The summed E-state index contributed by atoms with van der Waals surface area (Å²) >= 11 is 0. The van der Waals surface area contributed by atoms with Gasteiger partial charge in [0.05, 0.1) is 32.5 Å². The minimum absolute atomic E-state index is 0.0884. The maximum atomic E-state index is 5.94. The van der Waals surface area contributed by atoms with Crippen LogP contribution in [0.1, 0.15) is 18.1 Å². The molecule has 0 aromatic heterocycles. The summed E-state index contributed by atoms with van der Waals surface area (Å²) in [6.07, 6.45) is 1.58. The summed E-state index contributed by atoms with van der Waals surface area (Å²) in [6.45, 7) is 3.75. The first-order valence-corrected chi connectivity index (χ1v) is 6.89. The van der Waals surface area contributed by atoms with E-state index < -0.39 is 0 Å². The van der Waals surface area contributed by atoms with Gasteiger partial charge in [-0.3, -0.25) is 0 Å². The van der Waals surface area contributed by atoms with Crippen LogP contribution in [0.4, 0.5) is 0 Å². The van der Waals surface area contributed by atoms with E-state index >= 15 is 0 Å². The summed E-state index contributed by atoms with van der Waals surface area (Å²) in [6, 6.07) is 10.3. The van der Waals surface area contributed by atoms with Gasteiger partial charge in [-0.05, 0) is 5.56 Å². The highest BCUT2D eigenvalue weighted by molar-refractivity contribution is 5.17. The Balaban J connectivity index is 1.45. The highest BCUT2D eigenvalue weighted by Gasteiger charge is 2.25. The van der Waals surface area contributed by atoms with E-state index in [1.165, 1.54) is 5.56 Å². The predicted molar refractivity (Wildman–Crippen MR) is 70.1 cm³/mol. The molecule has 2 saturated heterocycles. The zero-order valence-electron chi connectivity index (χ0n) is 11.0. The highest BCUT2D eigenvalue weighted by atomic mass is 16.6. The van der Waals surface area contributed by atoms with Crippen LogP contribution >= 0.6 is 0 Å². The van der Waals surface area contributed by atoms with Crippen LogP contribution in [0, 0.1) is 0 Å². The molecule has 0 N–H and O–H groups in total. The predicted octanol–water partition coefficient (Wildman–Crippen LogP) is 1.95. The molecule has 1 aromatic carbocycles. The van der Waals surface area contributed by atoms with Gasteiger partial charge in [-0.1, -0.05) is 30.3 Å². The lowest BCUT2D eigenvalue weighted by molar-refractivity contribution is 0.0111. The fourth-order valence-corrected chi connectivity index (χ4v) is 1.97. The molecule has 2 aliphatic heterocycles. The molecule has 3 rings (SSSR count). The summed E-state index contributed by atoms with van der Waals surface area (Å²) < 4.78 is 21.8. The van der Waals surface area contributed by atoms with E-state index in [9.17, 15) is 0 Å². The van der Waals surface area contributed by atoms with Crippen LogP contribution in [-0.4, -0.2) is 45.2 Å². The minimum Gasteiger partial charge on any atom is -0.379 e. The number of benzene rings is 1. The quantitative estimate of drug-likeness (QED) is 0.505. The molecule has 0 aliphatic carbocycles. The summed E-state index contributed by atoms with van der Waals surface area (Å²) in [5.74, 6) is 0. The van der Waals surface area contributed by atoms with E-state index in [0.29, 0.717) is 32.0 Å². The molecule has 3 unspecified atom stereocenters. The first-order valence-electron chi connectivity index (χ1n) is 6.89. The molecule has 0 amide bonds.